The second-order valence-corrected chi connectivity index (χ2v) is 6.95. The van der Waals surface area contributed by atoms with Crippen LogP contribution in [0.5, 0.6) is 5.75 Å². The van der Waals surface area contributed by atoms with Crippen molar-refractivity contribution in [1.82, 2.24) is 15.5 Å². The molecule has 0 saturated heterocycles. The zero-order valence-corrected chi connectivity index (χ0v) is 16.3. The highest BCUT2D eigenvalue weighted by atomic mass is 16.5. The van der Waals surface area contributed by atoms with Crippen LogP contribution < -0.4 is 15.4 Å². The molecule has 1 aliphatic rings. The number of nitrogens with zero attached hydrogens (tertiary/aromatic N) is 1. The average molecular weight is 392 g/mol. The predicted octanol–water partition coefficient (Wildman–Crippen LogP) is 3.03. The lowest BCUT2D eigenvalue weighted by molar-refractivity contribution is 0.102. The molecule has 0 spiro atoms. The van der Waals surface area contributed by atoms with Gasteiger partial charge in [0.2, 0.25) is 0 Å². The number of H-pyrrole nitrogens is 1. The van der Waals surface area contributed by atoms with Gasteiger partial charge in [-0.2, -0.15) is 5.10 Å². The van der Waals surface area contributed by atoms with Crippen LogP contribution in [0.2, 0.25) is 0 Å². The van der Waals surface area contributed by atoms with Gasteiger partial charge in [-0.15, -0.1) is 0 Å². The third kappa shape index (κ3) is 4.64. The molecular formula is C22H24N4O3. The van der Waals surface area contributed by atoms with Crippen molar-refractivity contribution < 1.29 is 14.3 Å². The molecule has 0 aliphatic carbocycles. The number of fused-ring (bicyclic) bond motifs is 1. The monoisotopic (exact) mass is 392 g/mol. The molecule has 2 heterocycles. The normalized spacial score (nSPS) is 13.0. The summed E-state index contributed by atoms with van der Waals surface area (Å²) in [5, 5.41) is 13.4. The van der Waals surface area contributed by atoms with Crippen molar-refractivity contribution in [3.05, 3.63) is 76.6 Å². The van der Waals surface area contributed by atoms with E-state index in [1.807, 2.05) is 48.5 Å². The van der Waals surface area contributed by atoms with Crippen molar-refractivity contribution >= 4 is 11.6 Å². The van der Waals surface area contributed by atoms with E-state index in [4.69, 9.17) is 9.47 Å². The lowest BCUT2D eigenvalue weighted by Crippen LogP contribution is -2.25. The number of hydrogen-bond donors (Lipinski definition) is 3. The van der Waals surface area contributed by atoms with E-state index in [-0.39, 0.29) is 5.91 Å². The van der Waals surface area contributed by atoms with Gasteiger partial charge in [-0.1, -0.05) is 24.3 Å². The Morgan fingerprint density at radius 1 is 1.14 bits per heavy atom. The van der Waals surface area contributed by atoms with Crippen LogP contribution in [0.3, 0.4) is 0 Å². The number of carbonyl (C=O) groups excluding carboxylic acids is 1. The topological polar surface area (TPSA) is 88.3 Å². The number of aromatic nitrogens is 2. The van der Waals surface area contributed by atoms with Crippen LogP contribution in [0.25, 0.3) is 0 Å². The number of benzene rings is 2. The highest BCUT2D eigenvalue weighted by Crippen LogP contribution is 2.18. The van der Waals surface area contributed by atoms with Crippen molar-refractivity contribution in [3.63, 3.8) is 0 Å². The second kappa shape index (κ2) is 8.89. The zero-order chi connectivity index (χ0) is 20.1. The lowest BCUT2D eigenvalue weighted by Gasteiger charge is -2.13. The molecule has 1 aliphatic heterocycles. The summed E-state index contributed by atoms with van der Waals surface area (Å²) in [6, 6.07) is 15.5. The SMILES string of the molecule is COc1ccc(COCc2cccc(NC(=O)c3n[nH]c4c3CNCC4)c2)cc1. The quantitative estimate of drug-likeness (QED) is 0.575. The van der Waals surface area contributed by atoms with Gasteiger partial charge >= 0.3 is 0 Å². The standard InChI is InChI=1S/C22H24N4O3/c1-28-18-7-5-15(6-8-18)13-29-14-16-3-2-4-17(11-16)24-22(27)21-19-12-23-10-9-20(19)25-26-21/h2-8,11,23H,9-10,12-14H2,1H3,(H,24,27)(H,25,26). The molecule has 1 aromatic heterocycles. The van der Waals surface area contributed by atoms with Crippen molar-refractivity contribution in [3.8, 4) is 5.75 Å². The maximum absolute atomic E-state index is 12.6. The van der Waals surface area contributed by atoms with Crippen LogP contribution >= 0.6 is 0 Å². The molecule has 0 fully saturated rings. The number of ether oxygens (including phenoxy) is 2. The Morgan fingerprint density at radius 3 is 2.79 bits per heavy atom. The van der Waals surface area contributed by atoms with Gasteiger partial charge in [0.1, 0.15) is 5.75 Å². The largest absolute Gasteiger partial charge is 0.497 e. The first-order valence-electron chi connectivity index (χ1n) is 9.61. The molecule has 7 nitrogen and oxygen atoms in total. The predicted molar refractivity (Wildman–Crippen MR) is 110 cm³/mol. The van der Waals surface area contributed by atoms with Crippen LogP contribution in [0, 0.1) is 0 Å². The van der Waals surface area contributed by atoms with Crippen LogP contribution in [-0.2, 0) is 30.9 Å². The molecule has 3 N–H and O–H groups in total. The van der Waals surface area contributed by atoms with Gasteiger partial charge in [-0.3, -0.25) is 9.89 Å². The minimum absolute atomic E-state index is 0.206. The number of aromatic amines is 1. The molecule has 0 bridgehead atoms. The van der Waals surface area contributed by atoms with E-state index in [0.717, 1.165) is 46.8 Å². The minimum atomic E-state index is -0.206. The number of amides is 1. The Labute approximate surface area is 169 Å². The first-order valence-corrected chi connectivity index (χ1v) is 9.61. The Morgan fingerprint density at radius 2 is 1.97 bits per heavy atom. The van der Waals surface area contributed by atoms with Gasteiger partial charge < -0.3 is 20.1 Å². The van der Waals surface area contributed by atoms with Gasteiger partial charge in [0, 0.05) is 36.5 Å². The van der Waals surface area contributed by atoms with Crippen molar-refractivity contribution in [2.45, 2.75) is 26.2 Å². The molecule has 2 aromatic carbocycles. The van der Waals surface area contributed by atoms with Gasteiger partial charge in [-0.25, -0.2) is 0 Å². The van der Waals surface area contributed by atoms with E-state index < -0.39 is 0 Å². The number of anilines is 1. The van der Waals surface area contributed by atoms with E-state index in [2.05, 4.69) is 20.8 Å². The summed E-state index contributed by atoms with van der Waals surface area (Å²) < 4.78 is 11.0. The molecule has 0 atom stereocenters. The summed E-state index contributed by atoms with van der Waals surface area (Å²) in [5.41, 5.74) is 5.23. The van der Waals surface area contributed by atoms with E-state index in [0.29, 0.717) is 25.5 Å². The molecule has 0 saturated carbocycles. The third-order valence-electron chi connectivity index (χ3n) is 4.90. The van der Waals surface area contributed by atoms with Crippen molar-refractivity contribution in [2.24, 2.45) is 0 Å². The van der Waals surface area contributed by atoms with E-state index >= 15 is 0 Å². The van der Waals surface area contributed by atoms with E-state index in [1.165, 1.54) is 0 Å². The molecule has 150 valence electrons. The van der Waals surface area contributed by atoms with Crippen LogP contribution in [0.1, 0.15) is 32.9 Å². The molecule has 3 aromatic rings. The Bertz CT molecular complexity index is 982. The molecule has 7 heteroatoms. The smallest absolute Gasteiger partial charge is 0.276 e. The first kappa shape index (κ1) is 19.2. The number of methoxy groups -OCH3 is 1. The summed E-state index contributed by atoms with van der Waals surface area (Å²) in [5.74, 6) is 0.619. The summed E-state index contributed by atoms with van der Waals surface area (Å²) >= 11 is 0. The average Bonchev–Trinajstić information content (AvgIpc) is 3.19. The first-order chi connectivity index (χ1) is 14.2. The highest BCUT2D eigenvalue weighted by Gasteiger charge is 2.21. The van der Waals surface area contributed by atoms with Gasteiger partial charge in [0.05, 0.1) is 20.3 Å². The van der Waals surface area contributed by atoms with Crippen LogP contribution in [0.15, 0.2) is 48.5 Å². The molecule has 0 radical (unpaired) electrons. The fraction of sp³-hybridized carbons (Fsp3) is 0.273. The maximum atomic E-state index is 12.6. The minimum Gasteiger partial charge on any atom is -0.497 e. The number of hydrogen-bond acceptors (Lipinski definition) is 5. The van der Waals surface area contributed by atoms with Crippen molar-refractivity contribution in [2.75, 3.05) is 19.0 Å². The Kier molecular flexibility index (Phi) is 5.88. The Hall–Kier alpha value is -3.16. The summed E-state index contributed by atoms with van der Waals surface area (Å²) in [4.78, 5) is 12.6. The summed E-state index contributed by atoms with van der Waals surface area (Å²) in [7, 11) is 1.65. The van der Waals surface area contributed by atoms with Crippen molar-refractivity contribution in [1.29, 1.82) is 0 Å². The van der Waals surface area contributed by atoms with Gasteiger partial charge in [0.15, 0.2) is 5.69 Å². The molecular weight excluding hydrogens is 368 g/mol. The molecule has 0 unspecified atom stereocenters. The molecule has 4 rings (SSSR count). The fourth-order valence-corrected chi connectivity index (χ4v) is 3.35. The van der Waals surface area contributed by atoms with Crippen LogP contribution in [0.4, 0.5) is 5.69 Å². The molecule has 29 heavy (non-hydrogen) atoms. The highest BCUT2D eigenvalue weighted by molar-refractivity contribution is 6.04. The summed E-state index contributed by atoms with van der Waals surface area (Å²) in [6.45, 7) is 2.52. The third-order valence-corrected chi connectivity index (χ3v) is 4.90. The zero-order valence-electron chi connectivity index (χ0n) is 16.3. The van der Waals surface area contributed by atoms with E-state index in [1.54, 1.807) is 7.11 Å². The van der Waals surface area contributed by atoms with E-state index in [9.17, 15) is 4.79 Å². The van der Waals surface area contributed by atoms with Gasteiger partial charge in [0.25, 0.3) is 5.91 Å². The number of nitrogens with one attached hydrogen (secondary N) is 3. The maximum Gasteiger partial charge on any atom is 0.276 e. The summed E-state index contributed by atoms with van der Waals surface area (Å²) in [6.07, 6.45) is 0.858. The lowest BCUT2D eigenvalue weighted by atomic mass is 10.1. The number of rotatable bonds is 7. The Balaban J connectivity index is 1.34. The number of carbonyl (C=O) groups is 1. The second-order valence-electron chi connectivity index (χ2n) is 6.95. The van der Waals surface area contributed by atoms with Crippen LogP contribution in [-0.4, -0.2) is 29.8 Å². The fourth-order valence-electron chi connectivity index (χ4n) is 3.35. The molecule has 1 amide bonds. The van der Waals surface area contributed by atoms with Gasteiger partial charge in [-0.05, 0) is 35.4 Å².